The van der Waals surface area contributed by atoms with Gasteiger partial charge >= 0.3 is 6.18 Å². The third-order valence-electron chi connectivity index (χ3n) is 3.45. The van der Waals surface area contributed by atoms with Crippen LogP contribution in [0.4, 0.5) is 13.2 Å². The number of alkyl halides is 3. The Morgan fingerprint density at radius 3 is 1.95 bits per heavy atom. The lowest BCUT2D eigenvalue weighted by molar-refractivity contribution is -0.137. The molecule has 2 heterocycles. The lowest BCUT2D eigenvalue weighted by atomic mass is 9.91. The fourth-order valence-corrected chi connectivity index (χ4v) is 3.03. The maximum Gasteiger partial charge on any atom is 0.416 e. The largest absolute Gasteiger partial charge is 0.416 e. The number of hydrogen-bond acceptors (Lipinski definition) is 0. The van der Waals surface area contributed by atoms with Gasteiger partial charge in [0.15, 0.2) is 0 Å². The quantitative estimate of drug-likeness (QED) is 0.628. The van der Waals surface area contributed by atoms with Gasteiger partial charge in [-0.05, 0) is 48.0 Å². The summed E-state index contributed by atoms with van der Waals surface area (Å²) in [7, 11) is 0. The Morgan fingerprint density at radius 2 is 1.50 bits per heavy atom. The summed E-state index contributed by atoms with van der Waals surface area (Å²) < 4.78 is 39.6. The highest BCUT2D eigenvalue weighted by Crippen LogP contribution is 2.37. The topological polar surface area (TPSA) is 31.6 Å². The number of aromatic amines is 2. The zero-order chi connectivity index (χ0) is 15.7. The molecule has 0 atom stereocenters. The predicted octanol–water partition coefficient (Wildman–Crippen LogP) is 5.30. The van der Waals surface area contributed by atoms with Gasteiger partial charge in [-0.3, -0.25) is 0 Å². The Morgan fingerprint density at radius 1 is 0.909 bits per heavy atom. The monoisotopic (exact) mass is 368 g/mol. The second-order valence-electron chi connectivity index (χ2n) is 4.95. The van der Waals surface area contributed by atoms with Crippen LogP contribution in [0.2, 0.25) is 0 Å². The van der Waals surface area contributed by atoms with E-state index in [1.807, 2.05) is 24.3 Å². The Labute approximate surface area is 133 Å². The lowest BCUT2D eigenvalue weighted by Crippen LogP contribution is -2.09. The molecular weight excluding hydrogens is 357 g/mol. The molecular formula is C16H12BrF3N2. The number of nitrogens with one attached hydrogen (secondary N) is 2. The third kappa shape index (κ3) is 2.97. The predicted molar refractivity (Wildman–Crippen MR) is 81.7 cm³/mol. The maximum absolute atomic E-state index is 13.1. The molecule has 0 aliphatic heterocycles. The second-order valence-corrected chi connectivity index (χ2v) is 5.87. The van der Waals surface area contributed by atoms with Crippen LogP contribution >= 0.6 is 15.9 Å². The van der Waals surface area contributed by atoms with Crippen LogP contribution in [0, 0.1) is 0 Å². The van der Waals surface area contributed by atoms with E-state index < -0.39 is 11.7 Å². The van der Waals surface area contributed by atoms with Crippen LogP contribution in [-0.2, 0) is 6.18 Å². The number of halogens is 4. The summed E-state index contributed by atoms with van der Waals surface area (Å²) in [5.41, 5.74) is 1.55. The van der Waals surface area contributed by atoms with Crippen molar-refractivity contribution in [2.45, 2.75) is 12.1 Å². The molecule has 2 aromatic heterocycles. The summed E-state index contributed by atoms with van der Waals surface area (Å²) >= 11 is 3.18. The van der Waals surface area contributed by atoms with Crippen LogP contribution in [0.5, 0.6) is 0 Å². The van der Waals surface area contributed by atoms with Crippen molar-refractivity contribution in [3.63, 3.8) is 0 Å². The van der Waals surface area contributed by atoms with Gasteiger partial charge in [-0.1, -0.05) is 15.9 Å². The Kier molecular flexibility index (Phi) is 3.87. The maximum atomic E-state index is 13.1. The molecule has 0 saturated heterocycles. The van der Waals surface area contributed by atoms with E-state index in [1.165, 1.54) is 6.07 Å². The van der Waals surface area contributed by atoms with Crippen LogP contribution in [0.1, 0.15) is 28.4 Å². The minimum absolute atomic E-state index is 0.316. The smallest absolute Gasteiger partial charge is 0.364 e. The minimum Gasteiger partial charge on any atom is -0.364 e. The van der Waals surface area contributed by atoms with Gasteiger partial charge in [-0.15, -0.1) is 0 Å². The van der Waals surface area contributed by atoms with Crippen LogP contribution in [0.3, 0.4) is 0 Å². The SMILES string of the molecule is FC(F)(F)c1cc(Br)cc(C(c2ccc[nH]2)c2ccc[nH]2)c1. The molecule has 22 heavy (non-hydrogen) atoms. The highest BCUT2D eigenvalue weighted by molar-refractivity contribution is 9.10. The molecule has 0 spiro atoms. The fraction of sp³-hybridized carbons (Fsp3) is 0.125. The van der Waals surface area contributed by atoms with Crippen LogP contribution in [-0.4, -0.2) is 9.97 Å². The summed E-state index contributed by atoms with van der Waals surface area (Å²) in [6.07, 6.45) is -0.865. The Hall–Kier alpha value is -1.95. The lowest BCUT2D eigenvalue weighted by Gasteiger charge is -2.18. The number of rotatable bonds is 3. The van der Waals surface area contributed by atoms with E-state index >= 15 is 0 Å². The van der Waals surface area contributed by atoms with E-state index in [4.69, 9.17) is 0 Å². The van der Waals surface area contributed by atoms with Gasteiger partial charge < -0.3 is 9.97 Å². The van der Waals surface area contributed by atoms with Crippen molar-refractivity contribution >= 4 is 15.9 Å². The van der Waals surface area contributed by atoms with Crippen molar-refractivity contribution in [2.24, 2.45) is 0 Å². The van der Waals surface area contributed by atoms with E-state index in [2.05, 4.69) is 25.9 Å². The average molecular weight is 369 g/mol. The summed E-state index contributed by atoms with van der Waals surface area (Å²) in [6.45, 7) is 0. The summed E-state index contributed by atoms with van der Waals surface area (Å²) in [5, 5.41) is 0. The molecule has 6 heteroatoms. The normalized spacial score (nSPS) is 12.0. The van der Waals surface area contributed by atoms with Gasteiger partial charge in [0, 0.05) is 28.3 Å². The van der Waals surface area contributed by atoms with Crippen LogP contribution < -0.4 is 0 Å². The van der Waals surface area contributed by atoms with Gasteiger partial charge in [-0.25, -0.2) is 0 Å². The van der Waals surface area contributed by atoms with Crippen molar-refractivity contribution in [2.75, 3.05) is 0 Å². The first-order valence-corrected chi connectivity index (χ1v) is 7.39. The highest BCUT2D eigenvalue weighted by atomic mass is 79.9. The molecule has 2 nitrogen and oxygen atoms in total. The minimum atomic E-state index is -4.38. The Bertz CT molecular complexity index is 712. The average Bonchev–Trinajstić information content (AvgIpc) is 3.11. The van der Waals surface area contributed by atoms with E-state index in [0.717, 1.165) is 17.5 Å². The van der Waals surface area contributed by atoms with E-state index in [-0.39, 0.29) is 5.92 Å². The second kappa shape index (κ2) is 5.68. The van der Waals surface area contributed by atoms with Gasteiger partial charge in [-0.2, -0.15) is 13.2 Å². The molecule has 0 unspecified atom stereocenters. The van der Waals surface area contributed by atoms with E-state index in [9.17, 15) is 13.2 Å². The zero-order valence-corrected chi connectivity index (χ0v) is 12.9. The molecule has 0 fully saturated rings. The van der Waals surface area contributed by atoms with Gasteiger partial charge in [0.2, 0.25) is 0 Å². The van der Waals surface area contributed by atoms with Crippen molar-refractivity contribution in [1.29, 1.82) is 0 Å². The standard InChI is InChI=1S/C16H12BrF3N2/c17-12-8-10(7-11(9-12)16(18,19)20)15(13-3-1-5-21-13)14-4-2-6-22-14/h1-9,15,21-22H. The fourth-order valence-electron chi connectivity index (χ4n) is 2.52. The summed E-state index contributed by atoms with van der Waals surface area (Å²) in [5.74, 6) is -0.316. The number of H-pyrrole nitrogens is 2. The number of hydrogen-bond donors (Lipinski definition) is 2. The number of aromatic nitrogens is 2. The first-order valence-electron chi connectivity index (χ1n) is 6.59. The van der Waals surface area contributed by atoms with Crippen LogP contribution in [0.15, 0.2) is 59.3 Å². The first-order chi connectivity index (χ1) is 10.4. The molecule has 0 aliphatic carbocycles. The molecule has 3 aromatic rings. The molecule has 114 valence electrons. The molecule has 0 bridgehead atoms. The number of benzene rings is 1. The molecule has 1 aromatic carbocycles. The van der Waals surface area contributed by atoms with Crippen molar-refractivity contribution in [3.8, 4) is 0 Å². The molecule has 3 rings (SSSR count). The van der Waals surface area contributed by atoms with E-state index in [1.54, 1.807) is 18.5 Å². The molecule has 0 radical (unpaired) electrons. The van der Waals surface area contributed by atoms with Crippen molar-refractivity contribution < 1.29 is 13.2 Å². The molecule has 0 amide bonds. The molecule has 2 N–H and O–H groups in total. The van der Waals surface area contributed by atoms with Gasteiger partial charge in [0.25, 0.3) is 0 Å². The third-order valence-corrected chi connectivity index (χ3v) is 3.90. The summed E-state index contributed by atoms with van der Waals surface area (Å²) in [4.78, 5) is 6.17. The van der Waals surface area contributed by atoms with E-state index in [0.29, 0.717) is 10.0 Å². The Balaban J connectivity index is 2.15. The zero-order valence-electron chi connectivity index (χ0n) is 11.3. The van der Waals surface area contributed by atoms with Gasteiger partial charge in [0.1, 0.15) is 0 Å². The van der Waals surface area contributed by atoms with Crippen LogP contribution in [0.25, 0.3) is 0 Å². The van der Waals surface area contributed by atoms with Gasteiger partial charge in [0.05, 0.1) is 11.5 Å². The highest BCUT2D eigenvalue weighted by Gasteiger charge is 2.32. The summed E-state index contributed by atoms with van der Waals surface area (Å²) in [6, 6.07) is 11.4. The first kappa shape index (κ1) is 15.0. The van der Waals surface area contributed by atoms with Crippen molar-refractivity contribution in [1.82, 2.24) is 9.97 Å². The molecule has 0 saturated carbocycles. The van der Waals surface area contributed by atoms with Crippen molar-refractivity contribution in [3.05, 3.63) is 81.8 Å². The molecule has 0 aliphatic rings.